The van der Waals surface area contributed by atoms with Crippen LogP contribution in [0.3, 0.4) is 0 Å². The van der Waals surface area contributed by atoms with Gasteiger partial charge in [-0.3, -0.25) is 4.79 Å². The van der Waals surface area contributed by atoms with E-state index in [1.54, 1.807) is 0 Å². The summed E-state index contributed by atoms with van der Waals surface area (Å²) in [6.45, 7) is 0.0682. The molecule has 8 heteroatoms. The summed E-state index contributed by atoms with van der Waals surface area (Å²) >= 11 is 0. The second-order valence-corrected chi connectivity index (χ2v) is 6.73. The first-order chi connectivity index (χ1) is 13.9. The zero-order chi connectivity index (χ0) is 21.0. The maximum atomic E-state index is 12.3. The molecule has 0 aromatic heterocycles. The standard InChI is InChI=1S/C21H22N2O6/c1-28-20(26)18(10-17(22)19(24)25)23-21(27)29-11-16-14-8-4-2-6-12(14)13-7-3-5-9-15(13)16/h2-9,16-18H,10-11,22H2,1H3,(H,23,27)(H,24,25)/t17-,18?/m0/s1. The predicted molar refractivity (Wildman–Crippen MR) is 104 cm³/mol. The number of nitrogens with one attached hydrogen (secondary N) is 1. The summed E-state index contributed by atoms with van der Waals surface area (Å²) in [4.78, 5) is 35.1. The van der Waals surface area contributed by atoms with Crippen LogP contribution in [0.15, 0.2) is 48.5 Å². The highest BCUT2D eigenvalue weighted by atomic mass is 16.6. The van der Waals surface area contributed by atoms with Crippen LogP contribution >= 0.6 is 0 Å². The maximum Gasteiger partial charge on any atom is 0.407 e. The number of rotatable bonds is 7. The number of esters is 1. The third-order valence-corrected chi connectivity index (χ3v) is 4.93. The molecule has 0 fully saturated rings. The van der Waals surface area contributed by atoms with E-state index >= 15 is 0 Å². The summed E-state index contributed by atoms with van der Waals surface area (Å²) in [5.74, 6) is -2.21. The SMILES string of the molecule is COC(=O)C(C[C@H](N)C(=O)O)NC(=O)OCC1c2ccccc2-c2ccccc21. The average molecular weight is 398 g/mol. The van der Waals surface area contributed by atoms with Crippen LogP contribution in [0.4, 0.5) is 4.79 Å². The minimum Gasteiger partial charge on any atom is -0.480 e. The molecule has 0 bridgehead atoms. The van der Waals surface area contributed by atoms with Gasteiger partial charge in [0.05, 0.1) is 7.11 Å². The molecule has 0 spiro atoms. The molecule has 1 aliphatic rings. The molecule has 2 aromatic carbocycles. The Morgan fingerprint density at radius 3 is 2.14 bits per heavy atom. The van der Waals surface area contributed by atoms with E-state index in [0.29, 0.717) is 0 Å². The second kappa shape index (κ2) is 8.74. The molecule has 8 nitrogen and oxygen atoms in total. The number of alkyl carbamates (subject to hydrolysis) is 1. The minimum atomic E-state index is -1.33. The largest absolute Gasteiger partial charge is 0.480 e. The van der Waals surface area contributed by atoms with E-state index < -0.39 is 30.1 Å². The van der Waals surface area contributed by atoms with Crippen LogP contribution in [0.25, 0.3) is 11.1 Å². The predicted octanol–water partition coefficient (Wildman–Crippen LogP) is 1.87. The second-order valence-electron chi connectivity index (χ2n) is 6.73. The first-order valence-electron chi connectivity index (χ1n) is 9.10. The highest BCUT2D eigenvalue weighted by molar-refractivity contribution is 5.83. The molecule has 0 saturated carbocycles. The fraction of sp³-hybridized carbons (Fsp3) is 0.286. The van der Waals surface area contributed by atoms with Crippen molar-refractivity contribution in [2.75, 3.05) is 13.7 Å². The molecule has 0 aliphatic heterocycles. The molecule has 0 saturated heterocycles. The van der Waals surface area contributed by atoms with Gasteiger partial charge in [-0.2, -0.15) is 0 Å². The Hall–Kier alpha value is -3.39. The number of carbonyl (C=O) groups is 3. The smallest absolute Gasteiger partial charge is 0.407 e. The number of methoxy groups -OCH3 is 1. The molecule has 2 aromatic rings. The summed E-state index contributed by atoms with van der Waals surface area (Å²) < 4.78 is 9.97. The van der Waals surface area contributed by atoms with Gasteiger partial charge in [-0.25, -0.2) is 9.59 Å². The fourth-order valence-electron chi connectivity index (χ4n) is 3.49. The van der Waals surface area contributed by atoms with Crippen molar-refractivity contribution in [3.05, 3.63) is 59.7 Å². The molecule has 1 aliphatic carbocycles. The van der Waals surface area contributed by atoms with Crippen molar-refractivity contribution in [1.29, 1.82) is 0 Å². The third-order valence-electron chi connectivity index (χ3n) is 4.93. The van der Waals surface area contributed by atoms with Crippen molar-refractivity contribution in [2.45, 2.75) is 24.4 Å². The summed E-state index contributed by atoms with van der Waals surface area (Å²) in [5, 5.41) is 11.3. The van der Waals surface area contributed by atoms with Gasteiger partial charge >= 0.3 is 18.0 Å². The number of amides is 1. The molecule has 152 valence electrons. The van der Waals surface area contributed by atoms with E-state index in [4.69, 9.17) is 15.6 Å². The number of carbonyl (C=O) groups excluding carboxylic acids is 2. The molecule has 4 N–H and O–H groups in total. The maximum absolute atomic E-state index is 12.3. The highest BCUT2D eigenvalue weighted by Gasteiger charge is 2.31. The Morgan fingerprint density at radius 1 is 1.07 bits per heavy atom. The van der Waals surface area contributed by atoms with Crippen LogP contribution < -0.4 is 11.1 Å². The fourth-order valence-corrected chi connectivity index (χ4v) is 3.49. The van der Waals surface area contributed by atoms with Gasteiger partial charge in [-0.05, 0) is 22.3 Å². The number of fused-ring (bicyclic) bond motifs is 3. The van der Waals surface area contributed by atoms with Crippen LogP contribution in [-0.4, -0.2) is 48.9 Å². The molecule has 0 heterocycles. The van der Waals surface area contributed by atoms with Gasteiger partial charge in [-0.1, -0.05) is 48.5 Å². The van der Waals surface area contributed by atoms with Crippen LogP contribution in [0.5, 0.6) is 0 Å². The van der Waals surface area contributed by atoms with Gasteiger partial charge in [0, 0.05) is 12.3 Å². The molecule has 0 radical (unpaired) electrons. The molecule has 3 rings (SSSR count). The molecule has 2 atom stereocenters. The summed E-state index contributed by atoms with van der Waals surface area (Å²) in [7, 11) is 1.14. The van der Waals surface area contributed by atoms with E-state index in [1.807, 2.05) is 48.5 Å². The monoisotopic (exact) mass is 398 g/mol. The van der Waals surface area contributed by atoms with Crippen LogP contribution in [0, 0.1) is 0 Å². The first-order valence-corrected chi connectivity index (χ1v) is 9.10. The number of nitrogens with two attached hydrogens (primary N) is 1. The average Bonchev–Trinajstić information content (AvgIpc) is 3.05. The molecular weight excluding hydrogens is 376 g/mol. The van der Waals surface area contributed by atoms with Crippen molar-refractivity contribution >= 4 is 18.0 Å². The quantitative estimate of drug-likeness (QED) is 0.607. The van der Waals surface area contributed by atoms with Crippen LogP contribution in [-0.2, 0) is 19.1 Å². The summed E-state index contributed by atoms with van der Waals surface area (Å²) in [6, 6.07) is 13.3. The van der Waals surface area contributed by atoms with E-state index in [9.17, 15) is 14.4 Å². The topological polar surface area (TPSA) is 128 Å². The molecule has 29 heavy (non-hydrogen) atoms. The van der Waals surface area contributed by atoms with E-state index in [-0.39, 0.29) is 18.9 Å². The van der Waals surface area contributed by atoms with E-state index in [2.05, 4.69) is 10.1 Å². The zero-order valence-electron chi connectivity index (χ0n) is 15.8. The highest BCUT2D eigenvalue weighted by Crippen LogP contribution is 2.44. The van der Waals surface area contributed by atoms with Gasteiger partial charge in [-0.15, -0.1) is 0 Å². The number of carboxylic acid groups (broad SMARTS) is 1. The summed E-state index contributed by atoms with van der Waals surface area (Å²) in [5.41, 5.74) is 9.76. The van der Waals surface area contributed by atoms with Crippen LogP contribution in [0.2, 0.25) is 0 Å². The Balaban J connectivity index is 1.68. The van der Waals surface area contributed by atoms with Gasteiger partial charge < -0.3 is 25.6 Å². The molecule has 1 unspecified atom stereocenters. The Kier molecular flexibility index (Phi) is 6.13. The Bertz CT molecular complexity index is 883. The lowest BCUT2D eigenvalue weighted by Gasteiger charge is -2.19. The number of aliphatic carboxylic acids is 1. The summed E-state index contributed by atoms with van der Waals surface area (Å²) in [6.07, 6.45) is -1.16. The first kappa shape index (κ1) is 20.3. The minimum absolute atomic E-state index is 0.0682. The number of hydrogen-bond donors (Lipinski definition) is 3. The lowest BCUT2D eigenvalue weighted by atomic mass is 9.98. The van der Waals surface area contributed by atoms with E-state index in [0.717, 1.165) is 29.4 Å². The lowest BCUT2D eigenvalue weighted by Crippen LogP contribution is -2.47. The normalized spacial score (nSPS) is 14.3. The van der Waals surface area contributed by atoms with Crippen molar-refractivity contribution in [1.82, 2.24) is 5.32 Å². The zero-order valence-corrected chi connectivity index (χ0v) is 15.8. The van der Waals surface area contributed by atoms with Gasteiger partial charge in [0.15, 0.2) is 0 Å². The van der Waals surface area contributed by atoms with Gasteiger partial charge in [0.2, 0.25) is 0 Å². The van der Waals surface area contributed by atoms with Crippen molar-refractivity contribution < 1.29 is 29.0 Å². The number of hydrogen-bond acceptors (Lipinski definition) is 6. The number of ether oxygens (including phenoxy) is 2. The van der Waals surface area contributed by atoms with Gasteiger partial charge in [0.1, 0.15) is 18.7 Å². The molecular formula is C21H22N2O6. The van der Waals surface area contributed by atoms with Crippen molar-refractivity contribution in [3.8, 4) is 11.1 Å². The van der Waals surface area contributed by atoms with Crippen molar-refractivity contribution in [2.24, 2.45) is 5.73 Å². The number of benzene rings is 2. The van der Waals surface area contributed by atoms with Crippen LogP contribution in [0.1, 0.15) is 23.5 Å². The van der Waals surface area contributed by atoms with E-state index in [1.165, 1.54) is 0 Å². The Morgan fingerprint density at radius 2 is 1.62 bits per heavy atom. The number of carboxylic acids is 1. The Labute approximate surface area is 167 Å². The van der Waals surface area contributed by atoms with Crippen molar-refractivity contribution in [3.63, 3.8) is 0 Å². The lowest BCUT2D eigenvalue weighted by molar-refractivity contribution is -0.144. The third kappa shape index (κ3) is 4.38. The molecule has 1 amide bonds. The van der Waals surface area contributed by atoms with Gasteiger partial charge in [0.25, 0.3) is 0 Å².